The molecule has 1 fully saturated rings. The highest BCUT2D eigenvalue weighted by Gasteiger charge is 2.23. The minimum Gasteiger partial charge on any atom is -0.377 e. The minimum atomic E-state index is 0.225. The van der Waals surface area contributed by atoms with Crippen LogP contribution in [0.5, 0.6) is 0 Å². The van der Waals surface area contributed by atoms with E-state index in [-0.39, 0.29) is 12.1 Å². The van der Waals surface area contributed by atoms with Gasteiger partial charge in [0.25, 0.3) is 0 Å². The molecule has 1 heterocycles. The number of hydrogen-bond donors (Lipinski definition) is 2. The molecule has 0 bridgehead atoms. The summed E-state index contributed by atoms with van der Waals surface area (Å²) in [6.45, 7) is 0.873. The van der Waals surface area contributed by atoms with Crippen molar-refractivity contribution < 1.29 is 4.74 Å². The van der Waals surface area contributed by atoms with Gasteiger partial charge in [-0.1, -0.05) is 30.3 Å². The molecule has 1 aromatic carbocycles. The molecule has 1 saturated heterocycles. The Morgan fingerprint density at radius 3 is 2.75 bits per heavy atom. The van der Waals surface area contributed by atoms with Crippen molar-refractivity contribution in [2.45, 2.75) is 37.8 Å². The quantitative estimate of drug-likeness (QED) is 0.599. The number of hydrogen-bond acceptors (Lipinski definition) is 3. The summed E-state index contributed by atoms with van der Waals surface area (Å²) in [4.78, 5) is 0. The second-order valence-electron chi connectivity index (χ2n) is 4.37. The first-order valence-electron chi connectivity index (χ1n) is 6.02. The Labute approximate surface area is 97.0 Å². The molecule has 1 aliphatic rings. The monoisotopic (exact) mass is 220 g/mol. The molecular formula is C13H20N2O. The highest BCUT2D eigenvalue weighted by Crippen LogP contribution is 2.18. The summed E-state index contributed by atoms with van der Waals surface area (Å²) in [7, 11) is 0. The molecule has 0 radical (unpaired) electrons. The first-order chi connectivity index (χ1) is 7.90. The predicted octanol–water partition coefficient (Wildman–Crippen LogP) is 1.63. The Bertz CT molecular complexity index is 296. The molecule has 1 aliphatic heterocycles. The first-order valence-corrected chi connectivity index (χ1v) is 6.02. The molecular weight excluding hydrogens is 200 g/mol. The van der Waals surface area contributed by atoms with Gasteiger partial charge >= 0.3 is 0 Å². The van der Waals surface area contributed by atoms with Crippen LogP contribution in [0.3, 0.4) is 0 Å². The molecule has 0 saturated carbocycles. The minimum absolute atomic E-state index is 0.225. The van der Waals surface area contributed by atoms with Crippen molar-refractivity contribution in [3.63, 3.8) is 0 Å². The summed E-state index contributed by atoms with van der Waals surface area (Å²) < 4.78 is 5.76. The van der Waals surface area contributed by atoms with Crippen molar-refractivity contribution in [2.24, 2.45) is 5.84 Å². The third kappa shape index (κ3) is 3.04. The summed E-state index contributed by atoms with van der Waals surface area (Å²) in [6, 6.07) is 10.6. The highest BCUT2D eigenvalue weighted by atomic mass is 16.5. The van der Waals surface area contributed by atoms with Crippen molar-refractivity contribution >= 4 is 0 Å². The van der Waals surface area contributed by atoms with Crippen molar-refractivity contribution in [3.8, 4) is 0 Å². The Balaban J connectivity index is 1.94. The third-order valence-electron chi connectivity index (χ3n) is 3.18. The number of nitrogens with two attached hydrogens (primary N) is 1. The average Bonchev–Trinajstić information content (AvgIpc) is 2.38. The standard InChI is InChI=1S/C13H20N2O/c14-15-12(13-8-4-5-9-16-13)10-11-6-2-1-3-7-11/h1-3,6-7,12-13,15H,4-5,8-10,14H2. The van der Waals surface area contributed by atoms with Gasteiger partial charge in [-0.3, -0.25) is 11.3 Å². The zero-order chi connectivity index (χ0) is 11.2. The van der Waals surface area contributed by atoms with E-state index in [1.165, 1.54) is 18.4 Å². The Kier molecular flexibility index (Phi) is 4.34. The summed E-state index contributed by atoms with van der Waals surface area (Å²) in [5, 5.41) is 0. The highest BCUT2D eigenvalue weighted by molar-refractivity contribution is 5.16. The summed E-state index contributed by atoms with van der Waals surface area (Å²) >= 11 is 0. The topological polar surface area (TPSA) is 47.3 Å². The SMILES string of the molecule is NNC(Cc1ccccc1)C1CCCCO1. The molecule has 2 atom stereocenters. The van der Waals surface area contributed by atoms with Crippen LogP contribution >= 0.6 is 0 Å². The lowest BCUT2D eigenvalue weighted by Gasteiger charge is -2.30. The van der Waals surface area contributed by atoms with Crippen LogP contribution in [0.1, 0.15) is 24.8 Å². The molecule has 3 heteroatoms. The van der Waals surface area contributed by atoms with Crippen LogP contribution in [0.25, 0.3) is 0 Å². The second-order valence-corrected chi connectivity index (χ2v) is 4.37. The zero-order valence-corrected chi connectivity index (χ0v) is 9.56. The van der Waals surface area contributed by atoms with Crippen LogP contribution in [0.4, 0.5) is 0 Å². The van der Waals surface area contributed by atoms with E-state index in [1.54, 1.807) is 0 Å². The summed E-state index contributed by atoms with van der Waals surface area (Å²) in [5.41, 5.74) is 4.20. The predicted molar refractivity (Wildman–Crippen MR) is 64.8 cm³/mol. The fraction of sp³-hybridized carbons (Fsp3) is 0.538. The van der Waals surface area contributed by atoms with Crippen LogP contribution in [-0.2, 0) is 11.2 Å². The smallest absolute Gasteiger partial charge is 0.0744 e. The first kappa shape index (κ1) is 11.6. The lowest BCUT2D eigenvalue weighted by atomic mass is 9.96. The van der Waals surface area contributed by atoms with Crippen molar-refractivity contribution in [1.82, 2.24) is 5.43 Å². The van der Waals surface area contributed by atoms with Crippen LogP contribution in [0.15, 0.2) is 30.3 Å². The zero-order valence-electron chi connectivity index (χ0n) is 9.56. The molecule has 88 valence electrons. The van der Waals surface area contributed by atoms with Gasteiger partial charge in [-0.2, -0.15) is 0 Å². The molecule has 2 rings (SSSR count). The maximum Gasteiger partial charge on any atom is 0.0744 e. The van der Waals surface area contributed by atoms with Gasteiger partial charge in [0.2, 0.25) is 0 Å². The van der Waals surface area contributed by atoms with Crippen molar-refractivity contribution in [1.29, 1.82) is 0 Å². The molecule has 0 amide bonds. The third-order valence-corrected chi connectivity index (χ3v) is 3.18. The molecule has 16 heavy (non-hydrogen) atoms. The van der Waals surface area contributed by atoms with E-state index < -0.39 is 0 Å². The van der Waals surface area contributed by atoms with Gasteiger partial charge in [-0.15, -0.1) is 0 Å². The Hall–Kier alpha value is -0.900. The molecule has 1 aromatic rings. The van der Waals surface area contributed by atoms with Gasteiger partial charge < -0.3 is 4.74 Å². The van der Waals surface area contributed by atoms with Crippen LogP contribution in [-0.4, -0.2) is 18.8 Å². The molecule has 0 aliphatic carbocycles. The van der Waals surface area contributed by atoms with Crippen LogP contribution in [0.2, 0.25) is 0 Å². The molecule has 0 spiro atoms. The summed E-state index contributed by atoms with van der Waals surface area (Å²) in [6.07, 6.45) is 4.74. The normalized spacial score (nSPS) is 22.9. The maximum absolute atomic E-state index is 5.76. The van der Waals surface area contributed by atoms with E-state index in [0.717, 1.165) is 19.4 Å². The van der Waals surface area contributed by atoms with Gasteiger partial charge in [-0.05, 0) is 31.2 Å². The second kappa shape index (κ2) is 5.99. The fourth-order valence-corrected chi connectivity index (χ4v) is 2.25. The van der Waals surface area contributed by atoms with Crippen molar-refractivity contribution in [3.05, 3.63) is 35.9 Å². The van der Waals surface area contributed by atoms with Gasteiger partial charge in [-0.25, -0.2) is 0 Å². The fourth-order valence-electron chi connectivity index (χ4n) is 2.25. The van der Waals surface area contributed by atoms with Crippen molar-refractivity contribution in [2.75, 3.05) is 6.61 Å². The number of hydrazine groups is 1. The maximum atomic E-state index is 5.76. The van der Waals surface area contributed by atoms with Crippen LogP contribution < -0.4 is 11.3 Å². The number of nitrogens with one attached hydrogen (secondary N) is 1. The molecule has 2 unspecified atom stereocenters. The number of ether oxygens (including phenoxy) is 1. The number of benzene rings is 1. The van der Waals surface area contributed by atoms with E-state index in [2.05, 4.69) is 29.7 Å². The molecule has 3 N–H and O–H groups in total. The lowest BCUT2D eigenvalue weighted by Crippen LogP contribution is -2.47. The van der Waals surface area contributed by atoms with Crippen LogP contribution in [0, 0.1) is 0 Å². The van der Waals surface area contributed by atoms with Gasteiger partial charge in [0.1, 0.15) is 0 Å². The average molecular weight is 220 g/mol. The van der Waals surface area contributed by atoms with E-state index in [0.29, 0.717) is 0 Å². The largest absolute Gasteiger partial charge is 0.377 e. The van der Waals surface area contributed by atoms with Gasteiger partial charge in [0.15, 0.2) is 0 Å². The van der Waals surface area contributed by atoms with E-state index in [9.17, 15) is 0 Å². The molecule has 0 aromatic heterocycles. The van der Waals surface area contributed by atoms with E-state index in [4.69, 9.17) is 10.6 Å². The summed E-state index contributed by atoms with van der Waals surface area (Å²) in [5.74, 6) is 5.62. The van der Waals surface area contributed by atoms with Gasteiger partial charge in [0.05, 0.1) is 12.1 Å². The van der Waals surface area contributed by atoms with E-state index in [1.807, 2.05) is 6.07 Å². The Morgan fingerprint density at radius 1 is 1.31 bits per heavy atom. The number of rotatable bonds is 4. The van der Waals surface area contributed by atoms with Gasteiger partial charge in [0, 0.05) is 6.61 Å². The molecule has 3 nitrogen and oxygen atoms in total. The Morgan fingerprint density at radius 2 is 2.12 bits per heavy atom. The van der Waals surface area contributed by atoms with E-state index >= 15 is 0 Å². The lowest BCUT2D eigenvalue weighted by molar-refractivity contribution is -0.00744.